The maximum absolute atomic E-state index is 12.5. The zero-order chi connectivity index (χ0) is 16.5. The molecule has 0 fully saturated rings. The molecule has 0 N–H and O–H groups in total. The molecular weight excluding hydrogens is 342 g/mol. The lowest BCUT2D eigenvalue weighted by Crippen LogP contribution is -2.24. The molecule has 0 aliphatic rings. The average Bonchev–Trinajstić information content (AvgIpc) is 2.72. The molecule has 0 unspecified atom stereocenters. The number of nitrogens with zero attached hydrogens (tertiary/aromatic N) is 1. The maximum atomic E-state index is 12.5. The Morgan fingerprint density at radius 3 is 2.41 bits per heavy atom. The molecule has 118 valence electrons. The molecule has 1 heterocycles. The van der Waals surface area contributed by atoms with E-state index in [2.05, 4.69) is 41.3 Å². The van der Waals surface area contributed by atoms with Gasteiger partial charge in [-0.15, -0.1) is 0 Å². The number of Topliss-reactive ketones (excluding diaryl/α,β-unsaturated/α-hetero) is 1. The van der Waals surface area contributed by atoms with Crippen LogP contribution in [-0.2, 0) is 5.54 Å². The van der Waals surface area contributed by atoms with Gasteiger partial charge in [0.25, 0.3) is 0 Å². The molecule has 1 aromatic heterocycles. The van der Waals surface area contributed by atoms with Crippen LogP contribution < -0.4 is 4.74 Å². The molecule has 0 bridgehead atoms. The monoisotopic (exact) mass is 363 g/mol. The van der Waals surface area contributed by atoms with Crippen molar-refractivity contribution in [3.63, 3.8) is 0 Å². The Morgan fingerprint density at radius 2 is 1.86 bits per heavy atom. The van der Waals surface area contributed by atoms with Gasteiger partial charge in [0.2, 0.25) is 5.78 Å². The second kappa shape index (κ2) is 6.29. The van der Waals surface area contributed by atoms with Crippen LogP contribution in [0.15, 0.2) is 34.8 Å². The summed E-state index contributed by atoms with van der Waals surface area (Å²) < 4.78 is 8.68. The van der Waals surface area contributed by atoms with Gasteiger partial charge in [0, 0.05) is 22.5 Å². The molecule has 0 spiro atoms. The van der Waals surface area contributed by atoms with Gasteiger partial charge in [0.15, 0.2) is 6.61 Å². The molecular formula is C18H22BrNO2. The predicted octanol–water partition coefficient (Wildman–Crippen LogP) is 4.88. The van der Waals surface area contributed by atoms with Crippen LogP contribution in [0, 0.1) is 13.8 Å². The Labute approximate surface area is 140 Å². The molecule has 0 aliphatic carbocycles. The summed E-state index contributed by atoms with van der Waals surface area (Å²) in [5.41, 5.74) is 2.77. The standard InChI is InChI=1S/C18H22BrNO2/c1-12-10-14(13(2)20(12)18(3,4)5)16(21)11-22-17-9-7-6-8-15(17)19/h6-10H,11H2,1-5H3. The van der Waals surface area contributed by atoms with Gasteiger partial charge < -0.3 is 9.30 Å². The summed E-state index contributed by atoms with van der Waals surface area (Å²) in [6.07, 6.45) is 0. The summed E-state index contributed by atoms with van der Waals surface area (Å²) in [7, 11) is 0. The summed E-state index contributed by atoms with van der Waals surface area (Å²) >= 11 is 3.42. The fourth-order valence-electron chi connectivity index (χ4n) is 2.86. The van der Waals surface area contributed by atoms with E-state index in [1.54, 1.807) is 0 Å². The summed E-state index contributed by atoms with van der Waals surface area (Å²) in [5, 5.41) is 0. The van der Waals surface area contributed by atoms with Crippen LogP contribution in [-0.4, -0.2) is 17.0 Å². The third-order valence-electron chi connectivity index (χ3n) is 3.60. The Morgan fingerprint density at radius 1 is 1.23 bits per heavy atom. The van der Waals surface area contributed by atoms with Gasteiger partial charge in [0.1, 0.15) is 5.75 Å². The zero-order valence-corrected chi connectivity index (χ0v) is 15.3. The van der Waals surface area contributed by atoms with Gasteiger partial charge in [-0.2, -0.15) is 0 Å². The van der Waals surface area contributed by atoms with Crippen molar-refractivity contribution in [2.24, 2.45) is 0 Å². The fourth-order valence-corrected chi connectivity index (χ4v) is 3.26. The van der Waals surface area contributed by atoms with Crippen LogP contribution >= 0.6 is 15.9 Å². The molecule has 4 heteroatoms. The predicted molar refractivity (Wildman–Crippen MR) is 92.9 cm³/mol. The van der Waals surface area contributed by atoms with Crippen molar-refractivity contribution in [1.29, 1.82) is 0 Å². The number of carbonyl (C=O) groups is 1. The van der Waals surface area contributed by atoms with Crippen molar-refractivity contribution < 1.29 is 9.53 Å². The SMILES string of the molecule is Cc1cc(C(=O)COc2ccccc2Br)c(C)n1C(C)(C)C. The van der Waals surface area contributed by atoms with E-state index in [0.29, 0.717) is 5.75 Å². The highest BCUT2D eigenvalue weighted by Gasteiger charge is 2.22. The summed E-state index contributed by atoms with van der Waals surface area (Å²) in [6, 6.07) is 9.49. The highest BCUT2D eigenvalue weighted by Crippen LogP contribution is 2.26. The molecule has 22 heavy (non-hydrogen) atoms. The number of hydrogen-bond acceptors (Lipinski definition) is 2. The normalized spacial score (nSPS) is 11.5. The topological polar surface area (TPSA) is 31.2 Å². The Balaban J connectivity index is 2.19. The van der Waals surface area contributed by atoms with Crippen LogP contribution in [0.2, 0.25) is 0 Å². The Bertz CT molecular complexity index is 696. The van der Waals surface area contributed by atoms with Crippen molar-refractivity contribution in [2.75, 3.05) is 6.61 Å². The molecule has 0 saturated heterocycles. The number of halogens is 1. The smallest absolute Gasteiger partial charge is 0.202 e. The molecule has 0 radical (unpaired) electrons. The second-order valence-corrected chi connectivity index (χ2v) is 7.29. The van der Waals surface area contributed by atoms with E-state index in [1.165, 1.54) is 0 Å². The summed E-state index contributed by atoms with van der Waals surface area (Å²) in [4.78, 5) is 12.5. The van der Waals surface area contributed by atoms with Crippen molar-refractivity contribution >= 4 is 21.7 Å². The van der Waals surface area contributed by atoms with E-state index in [-0.39, 0.29) is 17.9 Å². The van der Waals surface area contributed by atoms with Gasteiger partial charge in [-0.3, -0.25) is 4.79 Å². The number of benzene rings is 1. The number of aromatic nitrogens is 1. The molecule has 3 nitrogen and oxygen atoms in total. The van der Waals surface area contributed by atoms with E-state index in [4.69, 9.17) is 4.74 Å². The van der Waals surface area contributed by atoms with Crippen molar-refractivity contribution in [3.8, 4) is 5.75 Å². The minimum atomic E-state index is -0.0456. The first kappa shape index (κ1) is 16.8. The second-order valence-electron chi connectivity index (χ2n) is 6.43. The Kier molecular flexibility index (Phi) is 4.81. The first-order chi connectivity index (χ1) is 10.2. The maximum Gasteiger partial charge on any atom is 0.202 e. The largest absolute Gasteiger partial charge is 0.484 e. The van der Waals surface area contributed by atoms with Crippen LogP contribution in [0.3, 0.4) is 0 Å². The van der Waals surface area contributed by atoms with E-state index in [0.717, 1.165) is 21.4 Å². The molecule has 2 rings (SSSR count). The van der Waals surface area contributed by atoms with Gasteiger partial charge in [0.05, 0.1) is 4.47 Å². The third-order valence-corrected chi connectivity index (χ3v) is 4.25. The van der Waals surface area contributed by atoms with Gasteiger partial charge in [-0.05, 0) is 68.7 Å². The number of rotatable bonds is 4. The van der Waals surface area contributed by atoms with Crippen LogP contribution in [0.4, 0.5) is 0 Å². The molecule has 0 atom stereocenters. The molecule has 0 saturated carbocycles. The van der Waals surface area contributed by atoms with E-state index >= 15 is 0 Å². The summed E-state index contributed by atoms with van der Waals surface area (Å²) in [5.74, 6) is 0.680. The number of aryl methyl sites for hydroxylation is 1. The van der Waals surface area contributed by atoms with E-state index in [9.17, 15) is 4.79 Å². The Hall–Kier alpha value is -1.55. The van der Waals surface area contributed by atoms with Crippen molar-refractivity contribution in [2.45, 2.75) is 40.2 Å². The number of carbonyl (C=O) groups excluding carboxylic acids is 1. The van der Waals surface area contributed by atoms with Crippen molar-refractivity contribution in [3.05, 3.63) is 51.8 Å². The highest BCUT2D eigenvalue weighted by atomic mass is 79.9. The van der Waals surface area contributed by atoms with Gasteiger partial charge >= 0.3 is 0 Å². The molecule has 2 aromatic rings. The number of ether oxygens (including phenoxy) is 1. The van der Waals surface area contributed by atoms with Gasteiger partial charge in [-0.25, -0.2) is 0 Å². The third kappa shape index (κ3) is 3.43. The van der Waals surface area contributed by atoms with Gasteiger partial charge in [-0.1, -0.05) is 12.1 Å². The van der Waals surface area contributed by atoms with Crippen LogP contribution in [0.5, 0.6) is 5.75 Å². The van der Waals surface area contributed by atoms with E-state index in [1.807, 2.05) is 44.2 Å². The molecule has 0 amide bonds. The fraction of sp³-hybridized carbons (Fsp3) is 0.389. The van der Waals surface area contributed by atoms with Crippen LogP contribution in [0.1, 0.15) is 42.5 Å². The molecule has 0 aliphatic heterocycles. The lowest BCUT2D eigenvalue weighted by molar-refractivity contribution is 0.0920. The first-order valence-electron chi connectivity index (χ1n) is 7.31. The number of ketones is 1. The van der Waals surface area contributed by atoms with Crippen LogP contribution in [0.25, 0.3) is 0 Å². The quantitative estimate of drug-likeness (QED) is 0.724. The zero-order valence-electron chi connectivity index (χ0n) is 13.7. The van der Waals surface area contributed by atoms with E-state index < -0.39 is 0 Å². The lowest BCUT2D eigenvalue weighted by Gasteiger charge is -2.25. The average molecular weight is 364 g/mol. The highest BCUT2D eigenvalue weighted by molar-refractivity contribution is 9.10. The first-order valence-corrected chi connectivity index (χ1v) is 8.11. The lowest BCUT2D eigenvalue weighted by atomic mass is 10.1. The minimum absolute atomic E-state index is 0.000599. The minimum Gasteiger partial charge on any atom is -0.484 e. The van der Waals surface area contributed by atoms with Crippen molar-refractivity contribution in [1.82, 2.24) is 4.57 Å². The summed E-state index contributed by atoms with van der Waals surface area (Å²) in [6.45, 7) is 10.5. The number of hydrogen-bond donors (Lipinski definition) is 0. The molecule has 1 aromatic carbocycles. The number of para-hydroxylation sites is 1.